The molecule has 2 nitrogen and oxygen atoms in total. The van der Waals surface area contributed by atoms with E-state index >= 15 is 0 Å². The van der Waals surface area contributed by atoms with Gasteiger partial charge in [0.05, 0.1) is 15.0 Å². The van der Waals surface area contributed by atoms with E-state index in [0.29, 0.717) is 12.5 Å². The van der Waals surface area contributed by atoms with Crippen LogP contribution in [0.4, 0.5) is 0 Å². The van der Waals surface area contributed by atoms with Crippen molar-refractivity contribution in [1.29, 1.82) is 0 Å². The average Bonchev–Trinajstić information content (AvgIpc) is 2.97. The number of hydrogen-bond acceptors (Lipinski definition) is 2. The number of halogens is 1. The maximum atomic E-state index is 12.1. The topological polar surface area (TPSA) is 20.3 Å². The van der Waals surface area contributed by atoms with Gasteiger partial charge in [0.25, 0.3) is 5.91 Å². The molecule has 0 bridgehead atoms. The van der Waals surface area contributed by atoms with Crippen LogP contribution in [-0.2, 0) is 0 Å². The number of amides is 1. The Labute approximate surface area is 113 Å². The smallest absolute Gasteiger partial charge is 0.255 e. The molecule has 1 aromatic rings. The van der Waals surface area contributed by atoms with Crippen molar-refractivity contribution in [2.45, 2.75) is 12.8 Å². The Kier molecular flexibility index (Phi) is 3.87. The SMILES string of the molecule is C#CCN(CC1CC1)C(=O)c1csc(I)c1. The Morgan fingerprint density at radius 2 is 2.44 bits per heavy atom. The van der Waals surface area contributed by atoms with Gasteiger partial charge in [-0.05, 0) is 47.4 Å². The van der Waals surface area contributed by atoms with Crippen molar-refractivity contribution >= 4 is 39.8 Å². The zero-order chi connectivity index (χ0) is 11.5. The van der Waals surface area contributed by atoms with Crippen LogP contribution in [-0.4, -0.2) is 23.9 Å². The molecule has 0 aromatic carbocycles. The lowest BCUT2D eigenvalue weighted by atomic mass is 10.2. The number of carbonyl (C=O) groups excluding carboxylic acids is 1. The van der Waals surface area contributed by atoms with E-state index in [0.717, 1.165) is 15.0 Å². The third kappa shape index (κ3) is 2.98. The molecule has 1 aliphatic carbocycles. The molecule has 1 aliphatic rings. The second kappa shape index (κ2) is 5.19. The molecule has 0 atom stereocenters. The Morgan fingerprint density at radius 3 is 2.94 bits per heavy atom. The Morgan fingerprint density at radius 1 is 1.69 bits per heavy atom. The number of hydrogen-bond donors (Lipinski definition) is 0. The van der Waals surface area contributed by atoms with Crippen LogP contribution in [0.1, 0.15) is 23.2 Å². The van der Waals surface area contributed by atoms with Crippen LogP contribution in [0.2, 0.25) is 0 Å². The number of thiophene rings is 1. The zero-order valence-electron chi connectivity index (χ0n) is 8.78. The molecule has 0 saturated heterocycles. The summed E-state index contributed by atoms with van der Waals surface area (Å²) in [5.74, 6) is 3.31. The number of nitrogens with zero attached hydrogens (tertiary/aromatic N) is 1. The van der Waals surface area contributed by atoms with E-state index in [4.69, 9.17) is 6.42 Å². The molecule has 1 saturated carbocycles. The summed E-state index contributed by atoms with van der Waals surface area (Å²) in [6.45, 7) is 1.23. The third-order valence-electron chi connectivity index (χ3n) is 2.56. The van der Waals surface area contributed by atoms with Crippen LogP contribution in [0.3, 0.4) is 0 Å². The normalized spacial score (nSPS) is 14.5. The van der Waals surface area contributed by atoms with E-state index in [9.17, 15) is 4.79 Å². The molecule has 0 radical (unpaired) electrons. The van der Waals surface area contributed by atoms with Crippen LogP contribution >= 0.6 is 33.9 Å². The van der Waals surface area contributed by atoms with E-state index < -0.39 is 0 Å². The van der Waals surface area contributed by atoms with Gasteiger partial charge in [-0.25, -0.2) is 0 Å². The zero-order valence-corrected chi connectivity index (χ0v) is 11.8. The minimum Gasteiger partial charge on any atom is -0.327 e. The Balaban J connectivity index is 2.06. The number of terminal acetylenes is 1. The summed E-state index contributed by atoms with van der Waals surface area (Å²) in [4.78, 5) is 13.9. The first-order chi connectivity index (χ1) is 7.70. The molecule has 1 aromatic heterocycles. The van der Waals surface area contributed by atoms with Crippen molar-refractivity contribution < 1.29 is 4.79 Å². The molecule has 84 valence electrons. The highest BCUT2D eigenvalue weighted by molar-refractivity contribution is 14.1. The molecule has 0 N–H and O–H groups in total. The highest BCUT2D eigenvalue weighted by Crippen LogP contribution is 2.30. The predicted octanol–water partition coefficient (Wildman–Crippen LogP) is 2.84. The summed E-state index contributed by atoms with van der Waals surface area (Å²) in [5, 5.41) is 1.90. The lowest BCUT2D eigenvalue weighted by molar-refractivity contribution is 0.0770. The first-order valence-corrected chi connectivity index (χ1v) is 7.13. The van der Waals surface area contributed by atoms with Gasteiger partial charge in [0.1, 0.15) is 0 Å². The fourth-order valence-corrected chi connectivity index (χ4v) is 2.87. The van der Waals surface area contributed by atoms with E-state index in [2.05, 4.69) is 28.5 Å². The van der Waals surface area contributed by atoms with Crippen molar-refractivity contribution in [2.24, 2.45) is 5.92 Å². The minimum atomic E-state index is 0.0732. The van der Waals surface area contributed by atoms with Crippen molar-refractivity contribution in [1.82, 2.24) is 4.90 Å². The monoisotopic (exact) mass is 345 g/mol. The fraction of sp³-hybridized carbons (Fsp3) is 0.417. The summed E-state index contributed by atoms with van der Waals surface area (Å²) in [5.41, 5.74) is 0.769. The lowest BCUT2D eigenvalue weighted by Gasteiger charge is -2.19. The molecular weight excluding hydrogens is 333 g/mol. The standard InChI is InChI=1S/C12H12INOS/c1-2-5-14(7-9-3-4-9)12(15)10-6-11(13)16-8-10/h1,6,8-9H,3-5,7H2. The van der Waals surface area contributed by atoms with Gasteiger partial charge in [0, 0.05) is 11.9 Å². The average molecular weight is 345 g/mol. The first kappa shape index (κ1) is 11.9. The van der Waals surface area contributed by atoms with Gasteiger partial charge in [-0.2, -0.15) is 0 Å². The predicted molar refractivity (Wildman–Crippen MR) is 74.5 cm³/mol. The van der Waals surface area contributed by atoms with Gasteiger partial charge in [-0.3, -0.25) is 4.79 Å². The molecular formula is C12H12INOS. The second-order valence-electron chi connectivity index (χ2n) is 3.97. The summed E-state index contributed by atoms with van der Waals surface area (Å²) >= 11 is 3.81. The van der Waals surface area contributed by atoms with Crippen LogP contribution in [0.25, 0.3) is 0 Å². The highest BCUT2D eigenvalue weighted by atomic mass is 127. The third-order valence-corrected chi connectivity index (χ3v) is 4.35. The van der Waals surface area contributed by atoms with Gasteiger partial charge < -0.3 is 4.90 Å². The second-order valence-corrected chi connectivity index (χ2v) is 6.78. The van der Waals surface area contributed by atoms with Gasteiger partial charge in [0.15, 0.2) is 0 Å². The molecule has 0 unspecified atom stereocenters. The summed E-state index contributed by atoms with van der Waals surface area (Å²) in [6, 6.07) is 1.92. The lowest BCUT2D eigenvalue weighted by Crippen LogP contribution is -2.33. The molecule has 1 amide bonds. The van der Waals surface area contributed by atoms with E-state index in [-0.39, 0.29) is 5.91 Å². The largest absolute Gasteiger partial charge is 0.327 e. The summed E-state index contributed by atoms with van der Waals surface area (Å²) < 4.78 is 1.13. The van der Waals surface area contributed by atoms with Crippen LogP contribution in [0.15, 0.2) is 11.4 Å². The van der Waals surface area contributed by atoms with Gasteiger partial charge in [-0.1, -0.05) is 5.92 Å². The highest BCUT2D eigenvalue weighted by Gasteiger charge is 2.27. The van der Waals surface area contributed by atoms with Crippen LogP contribution < -0.4 is 0 Å². The quantitative estimate of drug-likeness (QED) is 0.607. The number of rotatable bonds is 4. The van der Waals surface area contributed by atoms with E-state index in [1.807, 2.05) is 11.4 Å². The fourth-order valence-electron chi connectivity index (χ4n) is 1.55. The van der Waals surface area contributed by atoms with Crippen molar-refractivity contribution in [3.63, 3.8) is 0 Å². The maximum absolute atomic E-state index is 12.1. The van der Waals surface area contributed by atoms with Crippen molar-refractivity contribution in [2.75, 3.05) is 13.1 Å². The summed E-state index contributed by atoms with van der Waals surface area (Å²) in [6.07, 6.45) is 7.77. The first-order valence-electron chi connectivity index (χ1n) is 5.17. The van der Waals surface area contributed by atoms with Gasteiger partial charge >= 0.3 is 0 Å². The summed E-state index contributed by atoms with van der Waals surface area (Å²) in [7, 11) is 0. The molecule has 0 aliphatic heterocycles. The number of carbonyl (C=O) groups is 1. The molecule has 0 spiro atoms. The Hall–Kier alpha value is -0.540. The van der Waals surface area contributed by atoms with Crippen LogP contribution in [0, 0.1) is 21.1 Å². The molecule has 2 rings (SSSR count). The van der Waals surface area contributed by atoms with Crippen LogP contribution in [0.5, 0.6) is 0 Å². The van der Waals surface area contributed by atoms with Gasteiger partial charge in [0.2, 0.25) is 0 Å². The Bertz CT molecular complexity index is 430. The van der Waals surface area contributed by atoms with Gasteiger partial charge in [-0.15, -0.1) is 17.8 Å². The molecule has 16 heavy (non-hydrogen) atoms. The minimum absolute atomic E-state index is 0.0732. The maximum Gasteiger partial charge on any atom is 0.255 e. The molecule has 4 heteroatoms. The van der Waals surface area contributed by atoms with E-state index in [1.54, 1.807) is 16.2 Å². The molecule has 1 fully saturated rings. The van der Waals surface area contributed by atoms with E-state index in [1.165, 1.54) is 12.8 Å². The van der Waals surface area contributed by atoms with Crippen molar-refractivity contribution in [3.8, 4) is 12.3 Å². The van der Waals surface area contributed by atoms with Crippen molar-refractivity contribution in [3.05, 3.63) is 19.9 Å². The molecule has 1 heterocycles.